The first-order valence-electron chi connectivity index (χ1n) is 4.98. The number of hydrogen-bond acceptors (Lipinski definition) is 4. The summed E-state index contributed by atoms with van der Waals surface area (Å²) < 4.78 is 27.0. The lowest BCUT2D eigenvalue weighted by atomic mass is 10.0. The van der Waals surface area contributed by atoms with Crippen LogP contribution in [0.5, 0.6) is 0 Å². The molecule has 2 atom stereocenters. The van der Waals surface area contributed by atoms with E-state index < -0.39 is 9.84 Å². The molecule has 1 heterocycles. The molecule has 0 amide bonds. The van der Waals surface area contributed by atoms with Crippen LogP contribution < -0.4 is 5.32 Å². The van der Waals surface area contributed by atoms with Gasteiger partial charge in [0.25, 0.3) is 0 Å². The van der Waals surface area contributed by atoms with E-state index in [0.29, 0.717) is 18.5 Å². The van der Waals surface area contributed by atoms with Gasteiger partial charge in [-0.1, -0.05) is 0 Å². The van der Waals surface area contributed by atoms with Gasteiger partial charge in [-0.3, -0.25) is 0 Å². The van der Waals surface area contributed by atoms with E-state index in [9.17, 15) is 8.42 Å². The third-order valence-electron chi connectivity index (χ3n) is 2.61. The van der Waals surface area contributed by atoms with Crippen molar-refractivity contribution in [2.45, 2.75) is 19.4 Å². The smallest absolute Gasteiger partial charge is 0.148 e. The molecule has 4 nitrogen and oxygen atoms in total. The summed E-state index contributed by atoms with van der Waals surface area (Å²) in [6.45, 7) is 4.26. The highest BCUT2D eigenvalue weighted by Gasteiger charge is 2.21. The Morgan fingerprint density at radius 1 is 1.57 bits per heavy atom. The van der Waals surface area contributed by atoms with Gasteiger partial charge in [0.15, 0.2) is 0 Å². The van der Waals surface area contributed by atoms with E-state index >= 15 is 0 Å². The fourth-order valence-corrected chi connectivity index (χ4v) is 2.07. The van der Waals surface area contributed by atoms with Gasteiger partial charge in [0.2, 0.25) is 0 Å². The molecule has 0 radical (unpaired) electrons. The van der Waals surface area contributed by atoms with Crippen LogP contribution in [0.15, 0.2) is 0 Å². The summed E-state index contributed by atoms with van der Waals surface area (Å²) in [5.74, 6) is 0.750. The molecule has 1 aliphatic heterocycles. The standard InChI is InChI=1S/C9H19NO3S/c1-8(9-3-5-13-7-9)10-4-6-14(2,11)12/h8-10H,3-7H2,1-2H3. The van der Waals surface area contributed by atoms with Gasteiger partial charge in [0, 0.05) is 25.4 Å². The van der Waals surface area contributed by atoms with Crippen LogP contribution in [-0.2, 0) is 14.6 Å². The summed E-state index contributed by atoms with van der Waals surface area (Å²) in [6, 6.07) is 0.347. The normalized spacial score (nSPS) is 25.1. The van der Waals surface area contributed by atoms with Crippen molar-refractivity contribution in [2.24, 2.45) is 5.92 Å². The third-order valence-corrected chi connectivity index (χ3v) is 3.56. The Morgan fingerprint density at radius 2 is 2.29 bits per heavy atom. The molecule has 84 valence electrons. The number of hydrogen-bond donors (Lipinski definition) is 1. The fourth-order valence-electron chi connectivity index (χ4n) is 1.59. The summed E-state index contributed by atoms with van der Waals surface area (Å²) >= 11 is 0. The lowest BCUT2D eigenvalue weighted by molar-refractivity contribution is 0.178. The maximum absolute atomic E-state index is 10.9. The molecule has 0 bridgehead atoms. The van der Waals surface area contributed by atoms with Crippen LogP contribution in [0.2, 0.25) is 0 Å². The topological polar surface area (TPSA) is 55.4 Å². The molecule has 5 heteroatoms. The summed E-state index contributed by atoms with van der Waals surface area (Å²) in [5, 5.41) is 3.22. The Kier molecular flexibility index (Phi) is 4.34. The van der Waals surface area contributed by atoms with Crippen molar-refractivity contribution in [3.8, 4) is 0 Å². The number of nitrogens with one attached hydrogen (secondary N) is 1. The molecule has 1 saturated heterocycles. The maximum Gasteiger partial charge on any atom is 0.148 e. The van der Waals surface area contributed by atoms with Crippen LogP contribution in [0.25, 0.3) is 0 Å². The van der Waals surface area contributed by atoms with E-state index in [1.807, 2.05) is 0 Å². The van der Waals surface area contributed by atoms with Crippen LogP contribution >= 0.6 is 0 Å². The third kappa shape index (κ3) is 4.39. The SMILES string of the molecule is CC(NCCS(C)(=O)=O)C1CCOC1. The number of rotatable bonds is 5. The predicted molar refractivity (Wildman–Crippen MR) is 56.1 cm³/mol. The summed E-state index contributed by atoms with van der Waals surface area (Å²) in [6.07, 6.45) is 2.34. The van der Waals surface area contributed by atoms with E-state index in [1.54, 1.807) is 0 Å². The first-order valence-corrected chi connectivity index (χ1v) is 7.04. The Bertz CT molecular complexity index is 257. The van der Waals surface area contributed by atoms with Gasteiger partial charge in [0.1, 0.15) is 9.84 Å². The zero-order valence-electron chi connectivity index (χ0n) is 8.82. The number of sulfone groups is 1. The molecule has 1 fully saturated rings. The van der Waals surface area contributed by atoms with E-state index in [2.05, 4.69) is 12.2 Å². The van der Waals surface area contributed by atoms with Gasteiger partial charge < -0.3 is 10.1 Å². The van der Waals surface area contributed by atoms with Crippen molar-refractivity contribution in [2.75, 3.05) is 31.8 Å². The van der Waals surface area contributed by atoms with E-state index in [0.717, 1.165) is 19.6 Å². The van der Waals surface area contributed by atoms with Crippen LogP contribution in [0, 0.1) is 5.92 Å². The number of ether oxygens (including phenoxy) is 1. The average Bonchev–Trinajstić information content (AvgIpc) is 2.53. The van der Waals surface area contributed by atoms with Crippen molar-refractivity contribution in [1.29, 1.82) is 0 Å². The van der Waals surface area contributed by atoms with Crippen LogP contribution in [-0.4, -0.2) is 46.2 Å². The minimum Gasteiger partial charge on any atom is -0.381 e. The van der Waals surface area contributed by atoms with Gasteiger partial charge >= 0.3 is 0 Å². The minimum absolute atomic E-state index is 0.213. The quantitative estimate of drug-likeness (QED) is 0.712. The Balaban J connectivity index is 2.17. The van der Waals surface area contributed by atoms with Crippen molar-refractivity contribution >= 4 is 9.84 Å². The summed E-state index contributed by atoms with van der Waals surface area (Å²) in [4.78, 5) is 0. The van der Waals surface area contributed by atoms with Crippen molar-refractivity contribution in [3.05, 3.63) is 0 Å². The molecule has 2 unspecified atom stereocenters. The van der Waals surface area contributed by atoms with E-state index in [-0.39, 0.29) is 5.75 Å². The highest BCUT2D eigenvalue weighted by atomic mass is 32.2. The Hall–Kier alpha value is -0.130. The first kappa shape index (κ1) is 11.9. The Labute approximate surface area is 85.9 Å². The molecule has 14 heavy (non-hydrogen) atoms. The van der Waals surface area contributed by atoms with Gasteiger partial charge in [-0.15, -0.1) is 0 Å². The highest BCUT2D eigenvalue weighted by molar-refractivity contribution is 7.90. The second-order valence-electron chi connectivity index (χ2n) is 4.00. The maximum atomic E-state index is 10.9. The molecule has 1 rings (SSSR count). The molecule has 0 saturated carbocycles. The highest BCUT2D eigenvalue weighted by Crippen LogP contribution is 2.15. The second-order valence-corrected chi connectivity index (χ2v) is 6.26. The van der Waals surface area contributed by atoms with Crippen LogP contribution in [0.4, 0.5) is 0 Å². The minimum atomic E-state index is -2.84. The molecule has 0 aromatic carbocycles. The molecule has 1 N–H and O–H groups in total. The van der Waals surface area contributed by atoms with Crippen LogP contribution in [0.1, 0.15) is 13.3 Å². The van der Waals surface area contributed by atoms with Crippen LogP contribution in [0.3, 0.4) is 0 Å². The summed E-state index contributed by atoms with van der Waals surface area (Å²) in [7, 11) is -2.84. The average molecular weight is 221 g/mol. The van der Waals surface area contributed by atoms with Gasteiger partial charge in [-0.25, -0.2) is 8.42 Å². The van der Waals surface area contributed by atoms with Gasteiger partial charge in [0.05, 0.1) is 12.4 Å². The Morgan fingerprint density at radius 3 is 2.79 bits per heavy atom. The predicted octanol–water partition coefficient (Wildman–Crippen LogP) is 0.0456. The first-order chi connectivity index (χ1) is 6.49. The summed E-state index contributed by atoms with van der Waals surface area (Å²) in [5.41, 5.74) is 0. The van der Waals surface area contributed by atoms with Gasteiger partial charge in [-0.2, -0.15) is 0 Å². The monoisotopic (exact) mass is 221 g/mol. The molecule has 0 aromatic rings. The zero-order valence-corrected chi connectivity index (χ0v) is 9.64. The molecular weight excluding hydrogens is 202 g/mol. The molecule has 1 aliphatic rings. The fraction of sp³-hybridized carbons (Fsp3) is 1.00. The lowest BCUT2D eigenvalue weighted by Gasteiger charge is -2.18. The van der Waals surface area contributed by atoms with Gasteiger partial charge in [-0.05, 0) is 19.3 Å². The van der Waals surface area contributed by atoms with E-state index in [1.165, 1.54) is 6.26 Å². The molecule has 0 aliphatic carbocycles. The van der Waals surface area contributed by atoms with Crippen molar-refractivity contribution < 1.29 is 13.2 Å². The van der Waals surface area contributed by atoms with Crippen molar-refractivity contribution in [1.82, 2.24) is 5.32 Å². The molecular formula is C9H19NO3S. The molecule has 0 spiro atoms. The van der Waals surface area contributed by atoms with Crippen molar-refractivity contribution in [3.63, 3.8) is 0 Å². The second kappa shape index (κ2) is 5.09. The molecule has 0 aromatic heterocycles. The van der Waals surface area contributed by atoms with E-state index in [4.69, 9.17) is 4.74 Å². The zero-order chi connectivity index (χ0) is 10.6. The largest absolute Gasteiger partial charge is 0.381 e. The lowest BCUT2D eigenvalue weighted by Crippen LogP contribution is -2.36.